The second kappa shape index (κ2) is 9.47. The number of nitrogens with one attached hydrogen (secondary N) is 1. The second-order valence-corrected chi connectivity index (χ2v) is 6.64. The minimum atomic E-state index is -1.10. The second-order valence-electron chi connectivity index (χ2n) is 6.64. The molecule has 0 aliphatic rings. The zero-order valence-electron chi connectivity index (χ0n) is 16.3. The third kappa shape index (κ3) is 5.29. The maximum Gasteiger partial charge on any atom is 0.311 e. The number of hydrogen-bond donors (Lipinski definition) is 1. The van der Waals surface area contributed by atoms with Crippen LogP contribution < -0.4 is 5.32 Å². The summed E-state index contributed by atoms with van der Waals surface area (Å²) in [6.45, 7) is 1.42. The number of nitro benzene ring substituents is 1. The fourth-order valence-corrected chi connectivity index (χ4v) is 2.88. The van der Waals surface area contributed by atoms with Crippen LogP contribution in [0, 0.1) is 10.1 Å². The van der Waals surface area contributed by atoms with E-state index in [0.717, 1.165) is 16.7 Å². The van der Waals surface area contributed by atoms with Crippen molar-refractivity contribution in [1.29, 1.82) is 0 Å². The summed E-state index contributed by atoms with van der Waals surface area (Å²) in [7, 11) is 0. The topological polar surface area (TPSA) is 98.5 Å². The van der Waals surface area contributed by atoms with Crippen LogP contribution >= 0.6 is 0 Å². The van der Waals surface area contributed by atoms with Gasteiger partial charge in [-0.2, -0.15) is 0 Å². The summed E-state index contributed by atoms with van der Waals surface area (Å²) in [5.74, 6) is -1.20. The van der Waals surface area contributed by atoms with Crippen molar-refractivity contribution in [2.24, 2.45) is 0 Å². The molecule has 0 saturated heterocycles. The molecule has 0 heterocycles. The van der Waals surface area contributed by atoms with Crippen molar-refractivity contribution in [1.82, 2.24) is 0 Å². The quantitative estimate of drug-likeness (QED) is 0.358. The predicted molar refractivity (Wildman–Crippen MR) is 113 cm³/mol. The van der Waals surface area contributed by atoms with Gasteiger partial charge in [-0.05, 0) is 29.7 Å². The van der Waals surface area contributed by atoms with E-state index in [2.05, 4.69) is 5.32 Å². The summed E-state index contributed by atoms with van der Waals surface area (Å²) >= 11 is 0. The number of amides is 1. The molecule has 1 N–H and O–H groups in total. The highest BCUT2D eigenvalue weighted by molar-refractivity contribution is 5.96. The minimum Gasteiger partial charge on any atom is -0.452 e. The van der Waals surface area contributed by atoms with Gasteiger partial charge in [0.05, 0.1) is 11.3 Å². The number of nitrogens with zero attached hydrogens (tertiary/aromatic N) is 1. The molecule has 0 bridgehead atoms. The van der Waals surface area contributed by atoms with Gasteiger partial charge in [0.2, 0.25) is 0 Å². The summed E-state index contributed by atoms with van der Waals surface area (Å²) in [4.78, 5) is 34.9. The largest absolute Gasteiger partial charge is 0.452 e. The summed E-state index contributed by atoms with van der Waals surface area (Å²) in [5, 5.41) is 13.5. The first kappa shape index (κ1) is 20.7. The first-order chi connectivity index (χ1) is 14.4. The Hall–Kier alpha value is -4.00. The molecule has 7 heteroatoms. The van der Waals surface area contributed by atoms with Crippen molar-refractivity contribution in [2.75, 3.05) is 5.32 Å². The summed E-state index contributed by atoms with van der Waals surface area (Å²) in [6, 6.07) is 23.1. The number of rotatable bonds is 7. The number of ether oxygens (including phenoxy) is 1. The van der Waals surface area contributed by atoms with Gasteiger partial charge in [-0.1, -0.05) is 66.7 Å². The lowest BCUT2D eigenvalue weighted by Gasteiger charge is -2.14. The number of nitro groups is 1. The van der Waals surface area contributed by atoms with Gasteiger partial charge in [-0.25, -0.2) is 0 Å². The molecule has 0 radical (unpaired) electrons. The summed E-state index contributed by atoms with van der Waals surface area (Å²) in [5.41, 5.74) is 2.68. The lowest BCUT2D eigenvalue weighted by molar-refractivity contribution is -0.383. The maximum absolute atomic E-state index is 12.3. The van der Waals surface area contributed by atoms with Crippen molar-refractivity contribution in [3.05, 3.63) is 94.5 Å². The molecular weight excluding hydrogens is 384 g/mol. The smallest absolute Gasteiger partial charge is 0.311 e. The van der Waals surface area contributed by atoms with E-state index in [1.807, 2.05) is 54.6 Å². The molecule has 0 aliphatic carbocycles. The number of carbonyl (C=O) groups excluding carboxylic acids is 2. The molecule has 30 heavy (non-hydrogen) atoms. The van der Waals surface area contributed by atoms with Gasteiger partial charge in [-0.15, -0.1) is 0 Å². The van der Waals surface area contributed by atoms with Crippen LogP contribution in [0.2, 0.25) is 0 Å². The number of benzene rings is 3. The van der Waals surface area contributed by atoms with Crippen molar-refractivity contribution >= 4 is 23.3 Å². The number of carbonyl (C=O) groups is 2. The number of anilines is 1. The Morgan fingerprint density at radius 3 is 2.20 bits per heavy atom. The van der Waals surface area contributed by atoms with Gasteiger partial charge in [0.1, 0.15) is 5.69 Å². The monoisotopic (exact) mass is 404 g/mol. The van der Waals surface area contributed by atoms with Crippen LogP contribution in [-0.2, 0) is 20.7 Å². The van der Waals surface area contributed by atoms with E-state index in [1.54, 1.807) is 6.07 Å². The third-order valence-corrected chi connectivity index (χ3v) is 4.45. The Bertz CT molecular complexity index is 1050. The molecule has 0 aromatic heterocycles. The van der Waals surface area contributed by atoms with Crippen LogP contribution in [-0.4, -0.2) is 22.9 Å². The van der Waals surface area contributed by atoms with Crippen LogP contribution in [0.25, 0.3) is 11.1 Å². The van der Waals surface area contributed by atoms with Gasteiger partial charge >= 0.3 is 5.97 Å². The van der Waals surface area contributed by atoms with Crippen LogP contribution in [0.1, 0.15) is 12.5 Å². The number of para-hydroxylation sites is 2. The maximum atomic E-state index is 12.3. The number of hydrogen-bond acceptors (Lipinski definition) is 5. The van der Waals surface area contributed by atoms with Gasteiger partial charge in [0.15, 0.2) is 6.10 Å². The van der Waals surface area contributed by atoms with Crippen molar-refractivity contribution in [2.45, 2.75) is 19.4 Å². The molecule has 1 amide bonds. The fraction of sp³-hybridized carbons (Fsp3) is 0.130. The highest BCUT2D eigenvalue weighted by Crippen LogP contribution is 2.23. The normalized spacial score (nSPS) is 11.4. The molecule has 0 saturated carbocycles. The van der Waals surface area contributed by atoms with Gasteiger partial charge in [0.25, 0.3) is 11.6 Å². The van der Waals surface area contributed by atoms with Crippen molar-refractivity contribution < 1.29 is 19.2 Å². The Morgan fingerprint density at radius 2 is 1.53 bits per heavy atom. The molecule has 0 spiro atoms. The Kier molecular flexibility index (Phi) is 6.54. The summed E-state index contributed by atoms with van der Waals surface area (Å²) in [6.07, 6.45) is -1.08. The van der Waals surface area contributed by atoms with Crippen LogP contribution in [0.3, 0.4) is 0 Å². The summed E-state index contributed by atoms with van der Waals surface area (Å²) < 4.78 is 5.18. The SMILES string of the molecule is C[C@H](OC(=O)Cc1ccc(-c2ccccc2)cc1)C(=O)Nc1ccccc1[N+](=O)[O-]. The predicted octanol–water partition coefficient (Wildman–Crippen LogP) is 4.37. The molecule has 1 atom stereocenters. The van der Waals surface area contributed by atoms with Crippen molar-refractivity contribution in [3.8, 4) is 11.1 Å². The molecule has 0 unspecified atom stereocenters. The van der Waals surface area contributed by atoms with E-state index < -0.39 is 22.9 Å². The van der Waals surface area contributed by atoms with Crippen LogP contribution in [0.15, 0.2) is 78.9 Å². The zero-order valence-corrected chi connectivity index (χ0v) is 16.3. The Balaban J connectivity index is 1.57. The van der Waals surface area contributed by atoms with E-state index >= 15 is 0 Å². The number of esters is 1. The van der Waals surface area contributed by atoms with Gasteiger partial charge < -0.3 is 10.1 Å². The fourth-order valence-electron chi connectivity index (χ4n) is 2.88. The Morgan fingerprint density at radius 1 is 0.933 bits per heavy atom. The van der Waals surface area contributed by atoms with E-state index in [1.165, 1.54) is 25.1 Å². The highest BCUT2D eigenvalue weighted by Gasteiger charge is 2.21. The lowest BCUT2D eigenvalue weighted by Crippen LogP contribution is -2.30. The van der Waals surface area contributed by atoms with Crippen LogP contribution in [0.5, 0.6) is 0 Å². The molecular formula is C23H20N2O5. The molecule has 7 nitrogen and oxygen atoms in total. The van der Waals surface area contributed by atoms with Crippen LogP contribution in [0.4, 0.5) is 11.4 Å². The lowest BCUT2D eigenvalue weighted by atomic mass is 10.0. The molecule has 0 fully saturated rings. The van der Waals surface area contributed by atoms with Crippen molar-refractivity contribution in [3.63, 3.8) is 0 Å². The average Bonchev–Trinajstić information content (AvgIpc) is 2.75. The van der Waals surface area contributed by atoms with E-state index in [9.17, 15) is 19.7 Å². The third-order valence-electron chi connectivity index (χ3n) is 4.45. The molecule has 3 rings (SSSR count). The molecule has 3 aromatic rings. The zero-order chi connectivity index (χ0) is 21.5. The van der Waals surface area contributed by atoms with E-state index in [4.69, 9.17) is 4.74 Å². The molecule has 152 valence electrons. The Labute approximate surface area is 173 Å². The average molecular weight is 404 g/mol. The first-order valence-electron chi connectivity index (χ1n) is 9.32. The molecule has 0 aliphatic heterocycles. The van der Waals surface area contributed by atoms with Gasteiger partial charge in [-0.3, -0.25) is 19.7 Å². The van der Waals surface area contributed by atoms with E-state index in [-0.39, 0.29) is 17.8 Å². The van der Waals surface area contributed by atoms with E-state index in [0.29, 0.717) is 0 Å². The highest BCUT2D eigenvalue weighted by atomic mass is 16.6. The molecule has 3 aromatic carbocycles. The standard InChI is InChI=1S/C23H20N2O5/c1-16(23(27)24-20-9-5-6-10-21(20)25(28)29)30-22(26)15-17-11-13-19(14-12-17)18-7-3-2-4-8-18/h2-14,16H,15H2,1H3,(H,24,27)/t16-/m0/s1. The minimum absolute atomic E-state index is 0.0121. The first-order valence-corrected chi connectivity index (χ1v) is 9.32. The van der Waals surface area contributed by atoms with Gasteiger partial charge in [0, 0.05) is 6.07 Å².